The fraction of sp³-hybridized carbons (Fsp3) is 0.188. The van der Waals surface area contributed by atoms with Crippen LogP contribution in [-0.4, -0.2) is 12.1 Å². The van der Waals surface area contributed by atoms with Crippen LogP contribution in [-0.2, 0) is 4.79 Å². The molecule has 0 aliphatic heterocycles. The number of carbonyl (C=O) groups is 1. The molecule has 1 heterocycles. The van der Waals surface area contributed by atoms with Gasteiger partial charge in [-0.15, -0.1) is 0 Å². The minimum atomic E-state index is -4.71. The van der Waals surface area contributed by atoms with Gasteiger partial charge in [0.25, 0.3) is 0 Å². The third-order valence-electron chi connectivity index (χ3n) is 2.98. The molecule has 0 saturated heterocycles. The first-order valence-electron chi connectivity index (χ1n) is 6.63. The van der Waals surface area contributed by atoms with Gasteiger partial charge in [0.15, 0.2) is 6.04 Å². The first kappa shape index (κ1) is 16.8. The number of hydrogen-bond donors (Lipinski definition) is 1. The fourth-order valence-electron chi connectivity index (χ4n) is 1.90. The first-order chi connectivity index (χ1) is 10.8. The van der Waals surface area contributed by atoms with Crippen molar-refractivity contribution < 1.29 is 26.8 Å². The summed E-state index contributed by atoms with van der Waals surface area (Å²) in [5.74, 6) is -0.632. The Bertz CT molecular complexity index is 702. The van der Waals surface area contributed by atoms with E-state index in [-0.39, 0.29) is 5.56 Å². The highest BCUT2D eigenvalue weighted by Gasteiger charge is 2.41. The van der Waals surface area contributed by atoms with E-state index in [0.717, 1.165) is 30.3 Å². The molecule has 0 spiro atoms. The molecule has 23 heavy (non-hydrogen) atoms. The van der Waals surface area contributed by atoms with Crippen LogP contribution in [0, 0.1) is 12.7 Å². The monoisotopic (exact) mass is 327 g/mol. The molecule has 1 amide bonds. The molecule has 2 aromatic rings. The molecule has 3 nitrogen and oxygen atoms in total. The van der Waals surface area contributed by atoms with Gasteiger partial charge in [0.2, 0.25) is 5.91 Å². The average Bonchev–Trinajstić information content (AvgIpc) is 2.88. The Morgan fingerprint density at radius 1 is 1.17 bits per heavy atom. The Balaban J connectivity index is 2.13. The van der Waals surface area contributed by atoms with E-state index in [1.165, 1.54) is 6.08 Å². The minimum absolute atomic E-state index is 0.255. The third kappa shape index (κ3) is 4.70. The lowest BCUT2D eigenvalue weighted by Crippen LogP contribution is -2.37. The summed E-state index contributed by atoms with van der Waals surface area (Å²) in [5, 5.41) is 1.85. The van der Waals surface area contributed by atoms with Crippen LogP contribution >= 0.6 is 0 Å². The van der Waals surface area contributed by atoms with Gasteiger partial charge in [0.1, 0.15) is 17.3 Å². The van der Waals surface area contributed by atoms with Crippen LogP contribution in [0.5, 0.6) is 0 Å². The second kappa shape index (κ2) is 6.68. The van der Waals surface area contributed by atoms with Crippen LogP contribution in [0.2, 0.25) is 0 Å². The number of halogens is 4. The number of furan rings is 1. The summed E-state index contributed by atoms with van der Waals surface area (Å²) in [6.07, 6.45) is -2.50. The van der Waals surface area contributed by atoms with E-state index in [4.69, 9.17) is 4.42 Å². The van der Waals surface area contributed by atoms with Gasteiger partial charge in [0, 0.05) is 6.08 Å². The average molecular weight is 327 g/mol. The van der Waals surface area contributed by atoms with E-state index in [2.05, 4.69) is 0 Å². The van der Waals surface area contributed by atoms with E-state index in [1.807, 2.05) is 5.32 Å². The molecule has 0 saturated carbocycles. The summed E-state index contributed by atoms with van der Waals surface area (Å²) in [4.78, 5) is 11.7. The lowest BCUT2D eigenvalue weighted by atomic mass is 10.1. The Kier molecular flexibility index (Phi) is 4.88. The van der Waals surface area contributed by atoms with Gasteiger partial charge in [-0.3, -0.25) is 4.79 Å². The number of aryl methyl sites for hydroxylation is 1. The zero-order chi connectivity index (χ0) is 17.0. The zero-order valence-electron chi connectivity index (χ0n) is 12.0. The standard InChI is InChI=1S/C16H13F4NO2/c1-10-2-7-13(23-10)8-9-14(22)21-15(16(18,19)20)11-3-5-12(17)6-4-11/h2-9,15H,1H3,(H,21,22)/b9-8+. The molecule has 7 heteroatoms. The maximum atomic E-state index is 13.1. The van der Waals surface area contributed by atoms with Crippen molar-refractivity contribution >= 4 is 12.0 Å². The Morgan fingerprint density at radius 3 is 2.35 bits per heavy atom. The minimum Gasteiger partial charge on any atom is -0.462 e. The van der Waals surface area contributed by atoms with Gasteiger partial charge in [-0.05, 0) is 42.8 Å². The smallest absolute Gasteiger partial charge is 0.412 e. The van der Waals surface area contributed by atoms with Crippen molar-refractivity contribution in [3.63, 3.8) is 0 Å². The van der Waals surface area contributed by atoms with Gasteiger partial charge in [-0.1, -0.05) is 12.1 Å². The van der Waals surface area contributed by atoms with Crippen molar-refractivity contribution in [2.24, 2.45) is 0 Å². The number of alkyl halides is 3. The van der Waals surface area contributed by atoms with Crippen LogP contribution < -0.4 is 5.32 Å². The molecule has 1 aromatic heterocycles. The summed E-state index contributed by atoms with van der Waals surface area (Å²) < 4.78 is 57.2. The maximum absolute atomic E-state index is 13.1. The van der Waals surface area contributed by atoms with Crippen molar-refractivity contribution in [3.8, 4) is 0 Å². The highest BCUT2D eigenvalue weighted by atomic mass is 19.4. The van der Waals surface area contributed by atoms with Crippen LogP contribution in [0.15, 0.2) is 46.9 Å². The molecule has 0 radical (unpaired) electrons. The molecule has 0 aliphatic rings. The molecule has 1 atom stereocenters. The quantitative estimate of drug-likeness (QED) is 0.677. The summed E-state index contributed by atoms with van der Waals surface area (Å²) in [6.45, 7) is 1.70. The summed E-state index contributed by atoms with van der Waals surface area (Å²) in [5.41, 5.74) is -0.255. The van der Waals surface area contributed by atoms with Gasteiger partial charge in [0.05, 0.1) is 0 Å². The fourth-order valence-corrected chi connectivity index (χ4v) is 1.90. The Labute approximate surface area is 129 Å². The van der Waals surface area contributed by atoms with E-state index >= 15 is 0 Å². The molecule has 1 aromatic carbocycles. The molecular formula is C16H13F4NO2. The molecule has 2 rings (SSSR count). The maximum Gasteiger partial charge on any atom is 0.412 e. The van der Waals surface area contributed by atoms with Gasteiger partial charge in [-0.2, -0.15) is 13.2 Å². The molecular weight excluding hydrogens is 314 g/mol. The number of carbonyl (C=O) groups excluding carboxylic acids is 1. The van der Waals surface area contributed by atoms with Gasteiger partial charge in [-0.25, -0.2) is 4.39 Å². The van der Waals surface area contributed by atoms with Gasteiger partial charge < -0.3 is 9.73 Å². The molecule has 122 valence electrons. The van der Waals surface area contributed by atoms with Gasteiger partial charge >= 0.3 is 6.18 Å². The van der Waals surface area contributed by atoms with E-state index < -0.39 is 23.9 Å². The second-order valence-electron chi connectivity index (χ2n) is 4.82. The number of benzene rings is 1. The number of nitrogens with one attached hydrogen (secondary N) is 1. The van der Waals surface area contributed by atoms with Crippen LogP contribution in [0.3, 0.4) is 0 Å². The number of rotatable bonds is 4. The van der Waals surface area contributed by atoms with Crippen LogP contribution in [0.4, 0.5) is 17.6 Å². The summed E-state index contributed by atoms with van der Waals surface area (Å²) >= 11 is 0. The number of hydrogen-bond acceptors (Lipinski definition) is 2. The lowest BCUT2D eigenvalue weighted by Gasteiger charge is -2.21. The molecule has 1 N–H and O–H groups in total. The number of amides is 1. The summed E-state index contributed by atoms with van der Waals surface area (Å²) in [7, 11) is 0. The van der Waals surface area contributed by atoms with E-state index in [0.29, 0.717) is 11.5 Å². The zero-order valence-corrected chi connectivity index (χ0v) is 12.0. The SMILES string of the molecule is Cc1ccc(/C=C/C(=O)NC(c2ccc(F)cc2)C(F)(F)F)o1. The van der Waals surface area contributed by atoms with E-state index in [9.17, 15) is 22.4 Å². The topological polar surface area (TPSA) is 42.2 Å². The van der Waals surface area contributed by atoms with E-state index in [1.54, 1.807) is 19.1 Å². The van der Waals surface area contributed by atoms with Crippen molar-refractivity contribution in [2.45, 2.75) is 19.1 Å². The molecule has 0 fully saturated rings. The molecule has 1 unspecified atom stereocenters. The van der Waals surface area contributed by atoms with Crippen molar-refractivity contribution in [2.75, 3.05) is 0 Å². The highest BCUT2D eigenvalue weighted by molar-refractivity contribution is 5.91. The lowest BCUT2D eigenvalue weighted by molar-refractivity contribution is -0.162. The first-order valence-corrected chi connectivity index (χ1v) is 6.63. The van der Waals surface area contributed by atoms with Crippen LogP contribution in [0.1, 0.15) is 23.1 Å². The molecule has 0 bridgehead atoms. The second-order valence-corrected chi connectivity index (χ2v) is 4.82. The van der Waals surface area contributed by atoms with Crippen LogP contribution in [0.25, 0.3) is 6.08 Å². The Hall–Kier alpha value is -2.57. The van der Waals surface area contributed by atoms with Crippen molar-refractivity contribution in [1.82, 2.24) is 5.32 Å². The van der Waals surface area contributed by atoms with Crippen molar-refractivity contribution in [1.29, 1.82) is 0 Å². The normalized spacial score (nSPS) is 13.3. The Morgan fingerprint density at radius 2 is 1.83 bits per heavy atom. The highest BCUT2D eigenvalue weighted by Crippen LogP contribution is 2.32. The van der Waals surface area contributed by atoms with Crippen molar-refractivity contribution in [3.05, 3.63) is 65.4 Å². The largest absolute Gasteiger partial charge is 0.462 e. The molecule has 0 aliphatic carbocycles. The summed E-state index contributed by atoms with van der Waals surface area (Å²) in [6, 6.07) is 4.79. The predicted octanol–water partition coefficient (Wildman–Crippen LogP) is 4.16. The third-order valence-corrected chi connectivity index (χ3v) is 2.98. The predicted molar refractivity (Wildman–Crippen MR) is 75.8 cm³/mol.